The number of carbonyl (C=O) groups excluding carboxylic acids is 2. The van der Waals surface area contributed by atoms with Crippen LogP contribution in [0.25, 0.3) is 16.8 Å². The van der Waals surface area contributed by atoms with Crippen molar-refractivity contribution in [3.05, 3.63) is 119 Å². The van der Waals surface area contributed by atoms with E-state index in [4.69, 9.17) is 11.6 Å². The second-order valence-electron chi connectivity index (χ2n) is 6.95. The lowest BCUT2D eigenvalue weighted by atomic mass is 10.1. The van der Waals surface area contributed by atoms with Crippen molar-refractivity contribution in [2.45, 2.75) is 0 Å². The summed E-state index contributed by atoms with van der Waals surface area (Å²) in [5.74, 6) is -0.788. The molecule has 5 heteroatoms. The Balaban J connectivity index is 1.62. The summed E-state index contributed by atoms with van der Waals surface area (Å²) in [4.78, 5) is 25.7. The maximum absolute atomic E-state index is 13.1. The van der Waals surface area contributed by atoms with Crippen LogP contribution in [0.1, 0.15) is 15.9 Å². The highest BCUT2D eigenvalue weighted by atomic mass is 35.5. The van der Waals surface area contributed by atoms with Crippen molar-refractivity contribution in [3.63, 3.8) is 0 Å². The Morgan fingerprint density at radius 3 is 2.16 bits per heavy atom. The Bertz CT molecular complexity index is 1270. The Hall–Kier alpha value is -3.89. The minimum atomic E-state index is -0.422. The molecule has 31 heavy (non-hydrogen) atoms. The van der Waals surface area contributed by atoms with Gasteiger partial charge in [0.05, 0.1) is 0 Å². The monoisotopic (exact) mass is 426 g/mol. The lowest BCUT2D eigenvalue weighted by Gasteiger charge is -2.12. The van der Waals surface area contributed by atoms with Gasteiger partial charge in [0.15, 0.2) is 0 Å². The van der Waals surface area contributed by atoms with Crippen LogP contribution in [0.2, 0.25) is 5.02 Å². The minimum Gasteiger partial charge on any atom is -0.321 e. The van der Waals surface area contributed by atoms with Crippen molar-refractivity contribution in [1.82, 2.24) is 5.32 Å². The second kappa shape index (κ2) is 9.28. The highest BCUT2D eigenvalue weighted by Crippen LogP contribution is 2.20. The molecular weight excluding hydrogens is 408 g/mol. The number of hydrogen-bond acceptors (Lipinski definition) is 2. The molecule has 0 radical (unpaired) electrons. The zero-order valence-corrected chi connectivity index (χ0v) is 17.3. The van der Waals surface area contributed by atoms with Gasteiger partial charge >= 0.3 is 0 Å². The minimum absolute atomic E-state index is 0.129. The zero-order chi connectivity index (χ0) is 21.6. The number of fused-ring (bicyclic) bond motifs is 1. The summed E-state index contributed by atoms with van der Waals surface area (Å²) >= 11 is 5.96. The van der Waals surface area contributed by atoms with Crippen LogP contribution in [0.4, 0.5) is 5.69 Å². The molecule has 0 heterocycles. The Morgan fingerprint density at radius 1 is 0.742 bits per heavy atom. The van der Waals surface area contributed by atoms with Gasteiger partial charge in [-0.2, -0.15) is 0 Å². The van der Waals surface area contributed by atoms with Crippen LogP contribution in [0.5, 0.6) is 0 Å². The first-order chi connectivity index (χ1) is 15.1. The fourth-order valence-corrected chi connectivity index (χ4v) is 3.26. The van der Waals surface area contributed by atoms with Gasteiger partial charge < -0.3 is 10.6 Å². The second-order valence-corrected chi connectivity index (χ2v) is 7.38. The molecule has 0 bridgehead atoms. The van der Waals surface area contributed by atoms with Crippen LogP contribution in [-0.2, 0) is 4.79 Å². The maximum atomic E-state index is 13.1. The molecule has 4 aromatic rings. The van der Waals surface area contributed by atoms with Crippen LogP contribution in [-0.4, -0.2) is 11.8 Å². The largest absolute Gasteiger partial charge is 0.321 e. The maximum Gasteiger partial charge on any atom is 0.272 e. The number of nitrogens with one attached hydrogen (secondary N) is 2. The average Bonchev–Trinajstić information content (AvgIpc) is 2.80. The zero-order valence-electron chi connectivity index (χ0n) is 16.5. The molecule has 0 atom stereocenters. The van der Waals surface area contributed by atoms with Crippen molar-refractivity contribution >= 4 is 46.0 Å². The molecule has 0 unspecified atom stereocenters. The van der Waals surface area contributed by atoms with Gasteiger partial charge in [0.2, 0.25) is 0 Å². The standard InChI is InChI=1S/C26H19ClN2O2/c27-22-13-10-18(11-14-22)16-24(29-25(30)20-7-2-1-3-8-20)26(31)28-23-15-12-19-6-4-5-9-21(19)17-23/h1-17H,(H,28,31)(H,29,30). The van der Waals surface area contributed by atoms with Gasteiger partial charge in [-0.05, 0) is 58.8 Å². The molecule has 0 saturated heterocycles. The smallest absolute Gasteiger partial charge is 0.272 e. The van der Waals surface area contributed by atoms with Crippen molar-refractivity contribution in [1.29, 1.82) is 0 Å². The summed E-state index contributed by atoms with van der Waals surface area (Å²) < 4.78 is 0. The summed E-state index contributed by atoms with van der Waals surface area (Å²) in [7, 11) is 0. The predicted molar refractivity (Wildman–Crippen MR) is 126 cm³/mol. The number of benzene rings is 4. The van der Waals surface area contributed by atoms with Gasteiger partial charge in [0.1, 0.15) is 5.70 Å². The first kappa shape index (κ1) is 20.4. The molecule has 152 valence electrons. The number of amides is 2. The van der Waals surface area contributed by atoms with E-state index in [0.29, 0.717) is 16.3 Å². The van der Waals surface area contributed by atoms with E-state index in [1.807, 2.05) is 48.5 Å². The molecule has 4 nitrogen and oxygen atoms in total. The third-order valence-corrected chi connectivity index (χ3v) is 4.97. The molecule has 0 aliphatic heterocycles. The quantitative estimate of drug-likeness (QED) is 0.390. The Labute approximate surface area is 185 Å². The molecule has 4 rings (SSSR count). The molecule has 0 aliphatic carbocycles. The first-order valence-corrected chi connectivity index (χ1v) is 10.1. The molecule has 0 fully saturated rings. The van der Waals surface area contributed by atoms with Gasteiger partial charge in [-0.25, -0.2) is 0 Å². The fourth-order valence-electron chi connectivity index (χ4n) is 3.13. The van der Waals surface area contributed by atoms with E-state index >= 15 is 0 Å². The van der Waals surface area contributed by atoms with E-state index in [0.717, 1.165) is 16.3 Å². The first-order valence-electron chi connectivity index (χ1n) is 9.72. The van der Waals surface area contributed by atoms with Crippen molar-refractivity contribution in [3.8, 4) is 0 Å². The molecule has 2 amide bonds. The van der Waals surface area contributed by atoms with Crippen LogP contribution in [0.15, 0.2) is 103 Å². The topological polar surface area (TPSA) is 58.2 Å². The Morgan fingerprint density at radius 2 is 1.42 bits per heavy atom. The molecule has 0 aliphatic rings. The van der Waals surface area contributed by atoms with Crippen LogP contribution in [0.3, 0.4) is 0 Å². The summed E-state index contributed by atoms with van der Waals surface area (Å²) in [5.41, 5.74) is 1.97. The average molecular weight is 427 g/mol. The van der Waals surface area contributed by atoms with Gasteiger partial charge in [-0.15, -0.1) is 0 Å². The summed E-state index contributed by atoms with van der Waals surface area (Å²) in [5, 5.41) is 8.29. The molecule has 0 spiro atoms. The molecular formula is C26H19ClN2O2. The molecule has 0 saturated carbocycles. The third kappa shape index (κ3) is 5.18. The van der Waals surface area contributed by atoms with Crippen molar-refractivity contribution in [2.24, 2.45) is 0 Å². The van der Waals surface area contributed by atoms with Crippen LogP contribution >= 0.6 is 11.6 Å². The summed E-state index contributed by atoms with van der Waals surface area (Å²) in [6, 6.07) is 29.3. The highest BCUT2D eigenvalue weighted by Gasteiger charge is 2.15. The number of rotatable bonds is 5. The Kier molecular flexibility index (Phi) is 6.11. The van der Waals surface area contributed by atoms with E-state index in [9.17, 15) is 9.59 Å². The van der Waals surface area contributed by atoms with Crippen molar-refractivity contribution < 1.29 is 9.59 Å². The van der Waals surface area contributed by atoms with E-state index in [2.05, 4.69) is 10.6 Å². The van der Waals surface area contributed by atoms with Crippen LogP contribution < -0.4 is 10.6 Å². The highest BCUT2D eigenvalue weighted by molar-refractivity contribution is 6.30. The van der Waals surface area contributed by atoms with E-state index in [1.165, 1.54) is 0 Å². The summed E-state index contributed by atoms with van der Waals surface area (Å²) in [6.45, 7) is 0. The molecule has 0 aromatic heterocycles. The van der Waals surface area contributed by atoms with Gasteiger partial charge in [-0.3, -0.25) is 9.59 Å². The number of anilines is 1. The third-order valence-electron chi connectivity index (χ3n) is 4.72. The van der Waals surface area contributed by atoms with Gasteiger partial charge in [0.25, 0.3) is 11.8 Å². The van der Waals surface area contributed by atoms with Crippen LogP contribution in [0, 0.1) is 0 Å². The lowest BCUT2D eigenvalue weighted by molar-refractivity contribution is -0.113. The van der Waals surface area contributed by atoms with Gasteiger partial charge in [-0.1, -0.05) is 72.3 Å². The van der Waals surface area contributed by atoms with E-state index < -0.39 is 5.91 Å². The van der Waals surface area contributed by atoms with E-state index in [1.54, 1.807) is 54.6 Å². The summed E-state index contributed by atoms with van der Waals surface area (Å²) in [6.07, 6.45) is 1.62. The lowest BCUT2D eigenvalue weighted by Crippen LogP contribution is -2.30. The predicted octanol–water partition coefficient (Wildman–Crippen LogP) is 5.90. The van der Waals surface area contributed by atoms with Gasteiger partial charge in [0, 0.05) is 16.3 Å². The SMILES string of the molecule is O=C(Nc1ccc2ccccc2c1)C(=Cc1ccc(Cl)cc1)NC(=O)c1ccccc1. The molecule has 2 N–H and O–H groups in total. The van der Waals surface area contributed by atoms with Crippen molar-refractivity contribution in [2.75, 3.05) is 5.32 Å². The number of carbonyl (C=O) groups is 2. The fraction of sp³-hybridized carbons (Fsp3) is 0. The number of hydrogen-bond donors (Lipinski definition) is 2. The van der Waals surface area contributed by atoms with E-state index in [-0.39, 0.29) is 11.6 Å². The normalized spacial score (nSPS) is 11.2. The molecule has 4 aromatic carbocycles. The number of halogens is 1.